The predicted octanol–water partition coefficient (Wildman–Crippen LogP) is 5.17. The zero-order valence-electron chi connectivity index (χ0n) is 24.8. The van der Waals surface area contributed by atoms with Gasteiger partial charge >= 0.3 is 0 Å². The molecule has 0 aromatic heterocycles. The molecule has 3 aliphatic rings. The summed E-state index contributed by atoms with van der Waals surface area (Å²) in [6.07, 6.45) is 1.07. The molecule has 0 unspecified atom stereocenters. The Morgan fingerprint density at radius 1 is 0.841 bits per heavy atom. The van der Waals surface area contributed by atoms with Crippen LogP contribution in [-0.4, -0.2) is 90.6 Å². The number of piperazine rings is 2. The molecule has 0 aliphatic carbocycles. The number of hydrogen-bond donors (Lipinski definition) is 0. The number of hydrogen-bond acceptors (Lipinski definition) is 5. The maximum absolute atomic E-state index is 13.8. The smallest absolute Gasteiger partial charge is 0.254 e. The van der Waals surface area contributed by atoms with E-state index in [-0.39, 0.29) is 29.9 Å². The molecule has 3 saturated heterocycles. The minimum Gasteiger partial charge on any atom is -0.334 e. The van der Waals surface area contributed by atoms with Gasteiger partial charge in [0.25, 0.3) is 5.91 Å². The van der Waals surface area contributed by atoms with Crippen molar-refractivity contribution in [3.63, 3.8) is 0 Å². The number of fused-ring (bicyclic) bond motifs is 2. The molecule has 3 fully saturated rings. The molecule has 0 radical (unpaired) electrons. The van der Waals surface area contributed by atoms with E-state index in [9.17, 15) is 18.0 Å². The van der Waals surface area contributed by atoms with Crippen molar-refractivity contribution in [3.05, 3.63) is 99.0 Å². The van der Waals surface area contributed by atoms with Gasteiger partial charge in [-0.15, -0.1) is 0 Å². The summed E-state index contributed by atoms with van der Waals surface area (Å²) in [5.41, 5.74) is 3.52. The van der Waals surface area contributed by atoms with Crippen LogP contribution in [0.4, 0.5) is 0 Å². The first-order chi connectivity index (χ1) is 21.0. The molecule has 3 heterocycles. The lowest BCUT2D eigenvalue weighted by Crippen LogP contribution is -2.53. The Morgan fingerprint density at radius 2 is 1.57 bits per heavy atom. The zero-order valence-corrected chi connectivity index (χ0v) is 27.2. The summed E-state index contributed by atoms with van der Waals surface area (Å²) in [4.78, 5) is 33.6. The highest BCUT2D eigenvalue weighted by Crippen LogP contribution is 2.36. The molecule has 6 rings (SSSR count). The van der Waals surface area contributed by atoms with Gasteiger partial charge in [0.15, 0.2) is 0 Å². The number of nitrogens with zero attached hydrogens (tertiary/aromatic N) is 4. The van der Waals surface area contributed by atoms with E-state index >= 15 is 0 Å². The van der Waals surface area contributed by atoms with Crippen LogP contribution in [-0.2, 0) is 14.8 Å². The number of aryl methyl sites for hydroxylation is 2. The molecular weight excluding hydrogens is 619 g/mol. The minimum atomic E-state index is -3.54. The molecule has 232 valence electrons. The molecular formula is C33H36Cl2N4O4S. The van der Waals surface area contributed by atoms with Crippen LogP contribution in [0.3, 0.4) is 0 Å². The first-order valence-corrected chi connectivity index (χ1v) is 17.1. The summed E-state index contributed by atoms with van der Waals surface area (Å²) in [6.45, 7) is 6.71. The monoisotopic (exact) mass is 654 g/mol. The SMILES string of the molecule is Cc1cc(C)cc(C(=O)N2CCN(C(=O)CCN3C[C@H]4C[C@H]3CN4S(=O)(=O)c3ccccc3)[C@H](c3ccc(Cl)c(Cl)c3)C2)c1. The quantitative estimate of drug-likeness (QED) is 0.351. The van der Waals surface area contributed by atoms with Crippen LogP contribution in [0.2, 0.25) is 10.0 Å². The second-order valence-corrected chi connectivity index (χ2v) is 14.8. The highest BCUT2D eigenvalue weighted by atomic mass is 35.5. The number of likely N-dealkylation sites (tertiary alicyclic amines) is 1. The van der Waals surface area contributed by atoms with Gasteiger partial charge in [0, 0.05) is 63.3 Å². The Kier molecular flexibility index (Phi) is 8.78. The van der Waals surface area contributed by atoms with E-state index in [1.165, 1.54) is 0 Å². The number of carbonyl (C=O) groups excluding carboxylic acids is 2. The van der Waals surface area contributed by atoms with Crippen molar-refractivity contribution < 1.29 is 18.0 Å². The van der Waals surface area contributed by atoms with E-state index < -0.39 is 10.0 Å². The van der Waals surface area contributed by atoms with Crippen molar-refractivity contribution in [1.82, 2.24) is 19.0 Å². The number of rotatable bonds is 7. The molecule has 11 heteroatoms. The van der Waals surface area contributed by atoms with Gasteiger partial charge in [-0.1, -0.05) is 64.7 Å². The summed E-state index contributed by atoms with van der Waals surface area (Å²) >= 11 is 12.6. The summed E-state index contributed by atoms with van der Waals surface area (Å²) in [5, 5.41) is 0.831. The maximum Gasteiger partial charge on any atom is 0.254 e. The maximum atomic E-state index is 13.8. The van der Waals surface area contributed by atoms with Crippen molar-refractivity contribution in [2.75, 3.05) is 39.3 Å². The van der Waals surface area contributed by atoms with Crippen molar-refractivity contribution >= 4 is 45.0 Å². The Bertz CT molecular complexity index is 1670. The van der Waals surface area contributed by atoms with Crippen molar-refractivity contribution in [2.45, 2.75) is 49.7 Å². The fourth-order valence-corrected chi connectivity index (χ4v) is 8.94. The predicted molar refractivity (Wildman–Crippen MR) is 171 cm³/mol. The molecule has 2 amide bonds. The van der Waals surface area contributed by atoms with E-state index in [1.807, 2.05) is 54.0 Å². The summed E-state index contributed by atoms with van der Waals surface area (Å²) in [5.74, 6) is -0.0619. The third-order valence-electron chi connectivity index (χ3n) is 9.05. The van der Waals surface area contributed by atoms with Gasteiger partial charge in [-0.05, 0) is 62.2 Å². The van der Waals surface area contributed by atoms with E-state index in [2.05, 4.69) is 4.90 Å². The number of benzene rings is 3. The Morgan fingerprint density at radius 3 is 2.23 bits per heavy atom. The molecule has 0 spiro atoms. The van der Waals surface area contributed by atoms with Crippen LogP contribution in [0.1, 0.15) is 45.9 Å². The molecule has 3 aromatic carbocycles. The van der Waals surface area contributed by atoms with Crippen molar-refractivity contribution in [3.8, 4) is 0 Å². The number of halogens is 2. The normalized spacial score (nSPS) is 22.5. The van der Waals surface area contributed by atoms with Gasteiger partial charge in [-0.2, -0.15) is 4.31 Å². The van der Waals surface area contributed by atoms with E-state index in [4.69, 9.17) is 23.2 Å². The van der Waals surface area contributed by atoms with Gasteiger partial charge in [-0.3, -0.25) is 14.5 Å². The third kappa shape index (κ3) is 6.13. The van der Waals surface area contributed by atoms with Gasteiger partial charge in [0.1, 0.15) is 0 Å². The van der Waals surface area contributed by atoms with Gasteiger partial charge < -0.3 is 9.80 Å². The molecule has 3 aliphatic heterocycles. The second-order valence-electron chi connectivity index (χ2n) is 12.1. The first-order valence-electron chi connectivity index (χ1n) is 14.9. The van der Waals surface area contributed by atoms with E-state index in [0.29, 0.717) is 66.2 Å². The van der Waals surface area contributed by atoms with Crippen LogP contribution in [0.5, 0.6) is 0 Å². The third-order valence-corrected chi connectivity index (χ3v) is 11.7. The van der Waals surface area contributed by atoms with Crippen LogP contribution in [0.25, 0.3) is 0 Å². The number of carbonyl (C=O) groups is 2. The summed E-state index contributed by atoms with van der Waals surface area (Å²) < 4.78 is 28.1. The highest BCUT2D eigenvalue weighted by Gasteiger charge is 2.48. The van der Waals surface area contributed by atoms with Crippen molar-refractivity contribution in [2.24, 2.45) is 0 Å². The lowest BCUT2D eigenvalue weighted by atomic mass is 10.00. The van der Waals surface area contributed by atoms with E-state index in [1.54, 1.807) is 40.7 Å². The van der Waals surface area contributed by atoms with Crippen LogP contribution < -0.4 is 0 Å². The number of sulfonamides is 1. The van der Waals surface area contributed by atoms with Crippen LogP contribution in [0.15, 0.2) is 71.6 Å². The largest absolute Gasteiger partial charge is 0.334 e. The van der Waals surface area contributed by atoms with E-state index in [0.717, 1.165) is 23.1 Å². The zero-order chi connectivity index (χ0) is 31.2. The first kappa shape index (κ1) is 31.0. The molecule has 0 N–H and O–H groups in total. The van der Waals surface area contributed by atoms with Crippen molar-refractivity contribution in [1.29, 1.82) is 0 Å². The van der Waals surface area contributed by atoms with Gasteiger partial charge in [-0.25, -0.2) is 8.42 Å². The van der Waals surface area contributed by atoms with Crippen LogP contribution >= 0.6 is 23.2 Å². The minimum absolute atomic E-state index is 0.00360. The standard InChI is InChI=1S/C33H36Cl2N4O4S/c1-22-14-23(2)16-25(15-22)33(41)37-12-13-38(31(21-37)24-8-9-29(34)30(35)17-24)32(40)10-11-36-19-27-18-26(36)20-39(27)44(42,43)28-6-4-3-5-7-28/h3-9,14-17,26-27,31H,10-13,18-21H2,1-2H3/t26-,27+,31-/m0/s1. The topological polar surface area (TPSA) is 81.2 Å². The van der Waals surface area contributed by atoms with Gasteiger partial charge in [0.2, 0.25) is 15.9 Å². The molecule has 3 atom stereocenters. The molecule has 3 aromatic rings. The Labute approximate surface area is 269 Å². The highest BCUT2D eigenvalue weighted by molar-refractivity contribution is 7.89. The second kappa shape index (κ2) is 12.4. The molecule has 44 heavy (non-hydrogen) atoms. The Hall–Kier alpha value is -2.95. The van der Waals surface area contributed by atoms with Crippen LogP contribution in [0, 0.1) is 13.8 Å². The molecule has 2 bridgehead atoms. The molecule has 0 saturated carbocycles. The average Bonchev–Trinajstić information content (AvgIpc) is 3.62. The Balaban J connectivity index is 1.14. The lowest BCUT2D eigenvalue weighted by Gasteiger charge is -2.42. The average molecular weight is 656 g/mol. The fraction of sp³-hybridized carbons (Fsp3) is 0.394. The lowest BCUT2D eigenvalue weighted by molar-refractivity contribution is -0.136. The fourth-order valence-electron chi connectivity index (χ4n) is 6.94. The molecule has 8 nitrogen and oxygen atoms in total. The van der Waals surface area contributed by atoms with Gasteiger partial charge in [0.05, 0.1) is 21.0 Å². The summed E-state index contributed by atoms with van der Waals surface area (Å²) in [6, 6.07) is 19.4. The summed E-state index contributed by atoms with van der Waals surface area (Å²) in [7, 11) is -3.54. The number of amides is 2.